The number of nitrogens with one attached hydrogen (secondary N) is 1. The number of carbonyl (C=O) groups excluding carboxylic acids is 2. The highest BCUT2D eigenvalue weighted by molar-refractivity contribution is 7.92. The Kier molecular flexibility index (Phi) is 10.0. The van der Waals surface area contributed by atoms with Crippen LogP contribution in [0, 0.1) is 0 Å². The summed E-state index contributed by atoms with van der Waals surface area (Å²) in [4.78, 5) is 27.6. The molecule has 0 bridgehead atoms. The lowest BCUT2D eigenvalue weighted by molar-refractivity contribution is -0.139. The molecule has 1 atom stereocenters. The van der Waals surface area contributed by atoms with Gasteiger partial charge >= 0.3 is 0 Å². The van der Waals surface area contributed by atoms with Gasteiger partial charge in [0.05, 0.1) is 17.2 Å². The van der Waals surface area contributed by atoms with Crippen molar-refractivity contribution in [3.63, 3.8) is 0 Å². The summed E-state index contributed by atoms with van der Waals surface area (Å²) in [5.74, 6) is -0.439. The number of anilines is 1. The van der Waals surface area contributed by atoms with Crippen LogP contribution in [0.15, 0.2) is 77.7 Å². The van der Waals surface area contributed by atoms with Gasteiger partial charge in [-0.2, -0.15) is 0 Å². The summed E-state index contributed by atoms with van der Waals surface area (Å²) in [5, 5.41) is 3.34. The van der Waals surface area contributed by atoms with Crippen molar-refractivity contribution in [2.45, 2.75) is 31.3 Å². The van der Waals surface area contributed by atoms with E-state index in [9.17, 15) is 18.0 Å². The Morgan fingerprint density at radius 2 is 1.61 bits per heavy atom. The molecule has 0 saturated carbocycles. The van der Waals surface area contributed by atoms with E-state index < -0.39 is 34.4 Å². The zero-order valence-electron chi connectivity index (χ0n) is 21.2. The average molecular weight is 579 g/mol. The molecule has 0 aliphatic rings. The van der Waals surface area contributed by atoms with Crippen molar-refractivity contribution < 1.29 is 22.7 Å². The number of halogens is 2. The number of benzene rings is 3. The van der Waals surface area contributed by atoms with Crippen molar-refractivity contribution >= 4 is 50.7 Å². The molecule has 0 unspecified atom stereocenters. The Morgan fingerprint density at radius 3 is 2.18 bits per heavy atom. The lowest BCUT2D eigenvalue weighted by atomic mass is 10.1. The molecule has 1 N–H and O–H groups in total. The zero-order chi connectivity index (χ0) is 27.9. The van der Waals surface area contributed by atoms with Gasteiger partial charge in [0, 0.05) is 23.6 Å². The topological polar surface area (TPSA) is 96.0 Å². The third kappa shape index (κ3) is 6.98. The second-order valence-electron chi connectivity index (χ2n) is 8.30. The number of hydrogen-bond acceptors (Lipinski definition) is 5. The van der Waals surface area contributed by atoms with E-state index >= 15 is 0 Å². The summed E-state index contributed by atoms with van der Waals surface area (Å²) in [5.41, 5.74) is 0.869. The Labute approximate surface area is 233 Å². The molecule has 0 radical (unpaired) electrons. The summed E-state index contributed by atoms with van der Waals surface area (Å²) < 4.78 is 34.0. The number of nitrogens with zero attached hydrogens (tertiary/aromatic N) is 2. The lowest BCUT2D eigenvalue weighted by Crippen LogP contribution is -2.50. The average Bonchev–Trinajstić information content (AvgIpc) is 2.91. The van der Waals surface area contributed by atoms with Crippen LogP contribution in [0.25, 0.3) is 0 Å². The second kappa shape index (κ2) is 13.0. The molecule has 2 amide bonds. The van der Waals surface area contributed by atoms with Crippen LogP contribution in [-0.2, 0) is 26.2 Å². The van der Waals surface area contributed by atoms with Gasteiger partial charge < -0.3 is 15.0 Å². The molecule has 0 aliphatic heterocycles. The van der Waals surface area contributed by atoms with Gasteiger partial charge in [0.25, 0.3) is 10.0 Å². The van der Waals surface area contributed by atoms with Crippen molar-refractivity contribution in [3.8, 4) is 5.75 Å². The van der Waals surface area contributed by atoms with Crippen molar-refractivity contribution in [2.75, 3.05) is 24.5 Å². The molecule has 8 nitrogen and oxygen atoms in total. The van der Waals surface area contributed by atoms with Crippen LogP contribution in [0.1, 0.15) is 19.4 Å². The number of rotatable bonds is 11. The lowest BCUT2D eigenvalue weighted by Gasteiger charge is -2.32. The fraction of sp³-hybridized carbons (Fsp3) is 0.259. The van der Waals surface area contributed by atoms with Crippen molar-refractivity contribution in [2.24, 2.45) is 0 Å². The number of ether oxygens (including phenoxy) is 1. The molecule has 3 rings (SSSR count). The maximum atomic E-state index is 13.8. The fourth-order valence-corrected chi connectivity index (χ4v) is 5.48. The van der Waals surface area contributed by atoms with Gasteiger partial charge in [0.15, 0.2) is 0 Å². The second-order valence-corrected chi connectivity index (χ2v) is 11.0. The number of likely N-dealkylation sites (N-methyl/N-ethyl adjacent to an activating group) is 1. The van der Waals surface area contributed by atoms with Crippen LogP contribution < -0.4 is 14.4 Å². The highest BCUT2D eigenvalue weighted by Crippen LogP contribution is 2.28. The third-order valence-electron chi connectivity index (χ3n) is 5.83. The largest absolute Gasteiger partial charge is 0.494 e. The Bertz CT molecular complexity index is 1370. The molecule has 11 heteroatoms. The molecule has 0 fully saturated rings. The summed E-state index contributed by atoms with van der Waals surface area (Å²) in [6.07, 6.45) is 0. The first-order valence-corrected chi connectivity index (χ1v) is 14.0. The molecule has 3 aromatic carbocycles. The standard InChI is InChI=1S/C27H29Cl2N3O5S/c1-4-37-23-13-11-22(12-14-23)32(38(35,36)24-15-9-21(28)10-16-24)18-26(33)31(19(2)27(34)30-3)17-20-7-5-6-8-25(20)29/h5-16,19H,4,17-18H2,1-3H3,(H,30,34)/t19-/m0/s1. The first kappa shape index (κ1) is 29.3. The maximum absolute atomic E-state index is 13.8. The Hall–Kier alpha value is -3.27. The molecular weight excluding hydrogens is 549 g/mol. The zero-order valence-corrected chi connectivity index (χ0v) is 23.6. The van der Waals surface area contributed by atoms with Gasteiger partial charge in [-0.05, 0) is 74.0 Å². The number of amides is 2. The van der Waals surface area contributed by atoms with E-state index in [1.165, 1.54) is 36.2 Å². The maximum Gasteiger partial charge on any atom is 0.264 e. The number of sulfonamides is 1. The Balaban J connectivity index is 2.04. The molecule has 0 heterocycles. The van der Waals surface area contributed by atoms with E-state index in [1.54, 1.807) is 55.5 Å². The molecule has 0 aromatic heterocycles. The van der Waals surface area contributed by atoms with E-state index in [-0.39, 0.29) is 17.1 Å². The van der Waals surface area contributed by atoms with Crippen LogP contribution >= 0.6 is 23.2 Å². The molecule has 38 heavy (non-hydrogen) atoms. The fourth-order valence-electron chi connectivity index (χ4n) is 3.74. The molecular formula is C27H29Cl2N3O5S. The minimum absolute atomic E-state index is 0.00516. The van der Waals surface area contributed by atoms with Gasteiger partial charge in [-0.15, -0.1) is 0 Å². The van der Waals surface area contributed by atoms with Gasteiger partial charge in [-0.3, -0.25) is 13.9 Å². The third-order valence-corrected chi connectivity index (χ3v) is 8.24. The summed E-state index contributed by atoms with van der Waals surface area (Å²) in [6.45, 7) is 3.29. The number of carbonyl (C=O) groups is 2. The first-order chi connectivity index (χ1) is 18.1. The van der Waals surface area contributed by atoms with Crippen molar-refractivity contribution in [3.05, 3.63) is 88.4 Å². The minimum Gasteiger partial charge on any atom is -0.494 e. The molecule has 3 aromatic rings. The van der Waals surface area contributed by atoms with Crippen molar-refractivity contribution in [1.29, 1.82) is 0 Å². The first-order valence-electron chi connectivity index (χ1n) is 11.8. The highest BCUT2D eigenvalue weighted by Gasteiger charge is 2.32. The van der Waals surface area contributed by atoms with Gasteiger partial charge in [0.1, 0.15) is 18.3 Å². The van der Waals surface area contributed by atoms with Gasteiger partial charge in [-0.1, -0.05) is 41.4 Å². The summed E-state index contributed by atoms with van der Waals surface area (Å²) in [6, 6.07) is 18.1. The monoisotopic (exact) mass is 577 g/mol. The van der Waals surface area contributed by atoms with E-state index in [1.807, 2.05) is 6.92 Å². The highest BCUT2D eigenvalue weighted by atomic mass is 35.5. The Morgan fingerprint density at radius 1 is 0.974 bits per heavy atom. The minimum atomic E-state index is -4.20. The van der Waals surface area contributed by atoms with Crippen LogP contribution in [0.4, 0.5) is 5.69 Å². The number of hydrogen-bond donors (Lipinski definition) is 1. The van der Waals surface area contributed by atoms with E-state index in [0.717, 1.165) is 4.31 Å². The summed E-state index contributed by atoms with van der Waals surface area (Å²) >= 11 is 12.3. The molecule has 0 spiro atoms. The predicted molar refractivity (Wildman–Crippen MR) is 149 cm³/mol. The van der Waals surface area contributed by atoms with Gasteiger partial charge in [0.2, 0.25) is 11.8 Å². The van der Waals surface area contributed by atoms with E-state index in [4.69, 9.17) is 27.9 Å². The van der Waals surface area contributed by atoms with E-state index in [0.29, 0.717) is 28.0 Å². The normalized spacial score (nSPS) is 11.9. The molecule has 0 saturated heterocycles. The van der Waals surface area contributed by atoms with Crippen LogP contribution in [0.2, 0.25) is 10.0 Å². The van der Waals surface area contributed by atoms with Crippen LogP contribution in [-0.4, -0.2) is 51.4 Å². The van der Waals surface area contributed by atoms with Crippen LogP contribution in [0.5, 0.6) is 5.75 Å². The quantitative estimate of drug-likeness (QED) is 0.354. The molecule has 0 aliphatic carbocycles. The van der Waals surface area contributed by atoms with Crippen molar-refractivity contribution in [1.82, 2.24) is 10.2 Å². The predicted octanol–water partition coefficient (Wildman–Crippen LogP) is 4.75. The van der Waals surface area contributed by atoms with Crippen LogP contribution in [0.3, 0.4) is 0 Å². The van der Waals surface area contributed by atoms with Gasteiger partial charge in [-0.25, -0.2) is 8.42 Å². The summed E-state index contributed by atoms with van der Waals surface area (Å²) in [7, 11) is -2.73. The SMILES string of the molecule is CCOc1ccc(N(CC(=O)N(Cc2ccccc2Cl)[C@@H](C)C(=O)NC)S(=O)(=O)c2ccc(Cl)cc2)cc1. The van der Waals surface area contributed by atoms with E-state index in [2.05, 4.69) is 5.32 Å². The smallest absolute Gasteiger partial charge is 0.264 e. The molecule has 202 valence electrons.